The molecule has 0 saturated carbocycles. The van der Waals surface area contributed by atoms with Crippen LogP contribution >= 0.6 is 0 Å². The van der Waals surface area contributed by atoms with Crippen LogP contribution in [0.15, 0.2) is 16.5 Å². The Hall–Kier alpha value is -0.760. The molecule has 1 aromatic rings. The van der Waals surface area contributed by atoms with Gasteiger partial charge in [0.1, 0.15) is 11.5 Å². The van der Waals surface area contributed by atoms with Crippen LogP contribution in [-0.2, 0) is 0 Å². The van der Waals surface area contributed by atoms with Crippen LogP contribution in [0.4, 0.5) is 0 Å². The van der Waals surface area contributed by atoms with E-state index in [1.807, 2.05) is 13.0 Å². The Kier molecular flexibility index (Phi) is 1.95. The highest BCUT2D eigenvalue weighted by Crippen LogP contribution is 2.35. The maximum absolute atomic E-state index is 5.60. The van der Waals surface area contributed by atoms with E-state index in [0.29, 0.717) is 11.5 Å². The summed E-state index contributed by atoms with van der Waals surface area (Å²) in [5, 5.41) is 3.48. The molecule has 0 bridgehead atoms. The lowest BCUT2D eigenvalue weighted by Gasteiger charge is -2.14. The molecular weight excluding hydrogens is 162 g/mol. The molecule has 72 valence electrons. The first-order valence-electron chi connectivity index (χ1n) is 4.87. The van der Waals surface area contributed by atoms with Crippen LogP contribution in [0.2, 0.25) is 0 Å². The van der Waals surface area contributed by atoms with E-state index in [1.165, 1.54) is 6.42 Å². The number of hydrogen-bond donors (Lipinski definition) is 1. The van der Waals surface area contributed by atoms with Gasteiger partial charge < -0.3 is 9.73 Å². The minimum atomic E-state index is 0.408. The summed E-state index contributed by atoms with van der Waals surface area (Å²) in [5.74, 6) is 2.09. The predicted molar refractivity (Wildman–Crippen MR) is 52.6 cm³/mol. The topological polar surface area (TPSA) is 25.2 Å². The predicted octanol–water partition coefficient (Wildman–Crippen LogP) is 2.65. The minimum Gasteiger partial charge on any atom is -0.465 e. The Labute approximate surface area is 79.3 Å². The van der Waals surface area contributed by atoms with Gasteiger partial charge in [-0.05, 0) is 30.9 Å². The molecule has 2 heteroatoms. The van der Waals surface area contributed by atoms with Crippen molar-refractivity contribution in [2.75, 3.05) is 6.54 Å². The number of rotatable bonds is 1. The highest BCUT2D eigenvalue weighted by atomic mass is 16.3. The smallest absolute Gasteiger partial charge is 0.121 e. The monoisotopic (exact) mass is 179 g/mol. The van der Waals surface area contributed by atoms with Crippen molar-refractivity contribution in [3.63, 3.8) is 0 Å². The van der Waals surface area contributed by atoms with Crippen molar-refractivity contribution in [3.8, 4) is 0 Å². The van der Waals surface area contributed by atoms with Gasteiger partial charge in [-0.1, -0.05) is 13.8 Å². The fourth-order valence-corrected chi connectivity index (χ4v) is 1.94. The largest absolute Gasteiger partial charge is 0.465 e. The van der Waals surface area contributed by atoms with Crippen LogP contribution in [0.25, 0.3) is 0 Å². The van der Waals surface area contributed by atoms with Crippen molar-refractivity contribution in [3.05, 3.63) is 23.7 Å². The maximum atomic E-state index is 5.60. The summed E-state index contributed by atoms with van der Waals surface area (Å²) in [6.45, 7) is 7.65. The molecule has 0 aliphatic carbocycles. The maximum Gasteiger partial charge on any atom is 0.121 e. The zero-order valence-electron chi connectivity index (χ0n) is 8.55. The molecule has 1 aliphatic rings. The number of nitrogens with one attached hydrogen (secondary N) is 1. The van der Waals surface area contributed by atoms with Gasteiger partial charge in [0.15, 0.2) is 0 Å². The number of hydrogen-bond acceptors (Lipinski definition) is 2. The second kappa shape index (κ2) is 2.88. The Balaban J connectivity index is 2.12. The van der Waals surface area contributed by atoms with Gasteiger partial charge in [-0.2, -0.15) is 0 Å². The second-order valence-electron chi connectivity index (χ2n) is 4.75. The molecule has 1 aliphatic heterocycles. The Morgan fingerprint density at radius 1 is 1.46 bits per heavy atom. The molecule has 0 radical (unpaired) electrons. The molecule has 2 nitrogen and oxygen atoms in total. The van der Waals surface area contributed by atoms with E-state index in [2.05, 4.69) is 25.2 Å². The first kappa shape index (κ1) is 8.82. The van der Waals surface area contributed by atoms with Gasteiger partial charge in [0.2, 0.25) is 0 Å². The summed E-state index contributed by atoms with van der Waals surface area (Å²) in [6.07, 6.45) is 1.17. The molecular formula is C11H17NO. The summed E-state index contributed by atoms with van der Waals surface area (Å²) in [6, 6.07) is 4.53. The average Bonchev–Trinajstić information content (AvgIpc) is 2.56. The first-order valence-corrected chi connectivity index (χ1v) is 4.87. The van der Waals surface area contributed by atoms with Gasteiger partial charge in [0.25, 0.3) is 0 Å². The summed E-state index contributed by atoms with van der Waals surface area (Å²) in [5.41, 5.74) is 0.408. The third-order valence-corrected chi connectivity index (χ3v) is 2.69. The molecule has 1 aromatic heterocycles. The normalized spacial score (nSPS) is 26.5. The summed E-state index contributed by atoms with van der Waals surface area (Å²) in [4.78, 5) is 0. The second-order valence-corrected chi connectivity index (χ2v) is 4.75. The van der Waals surface area contributed by atoms with E-state index in [1.54, 1.807) is 0 Å². The molecule has 1 N–H and O–H groups in total. The van der Waals surface area contributed by atoms with Gasteiger partial charge in [-0.25, -0.2) is 0 Å². The van der Waals surface area contributed by atoms with E-state index >= 15 is 0 Å². The summed E-state index contributed by atoms with van der Waals surface area (Å²) < 4.78 is 5.60. The van der Waals surface area contributed by atoms with Gasteiger partial charge in [0, 0.05) is 6.54 Å². The van der Waals surface area contributed by atoms with Crippen LogP contribution in [0.1, 0.15) is 37.8 Å². The summed E-state index contributed by atoms with van der Waals surface area (Å²) in [7, 11) is 0. The van der Waals surface area contributed by atoms with Crippen LogP contribution < -0.4 is 5.32 Å². The van der Waals surface area contributed by atoms with Crippen LogP contribution in [-0.4, -0.2) is 6.54 Å². The van der Waals surface area contributed by atoms with Gasteiger partial charge in [-0.3, -0.25) is 0 Å². The molecule has 0 aromatic carbocycles. The van der Waals surface area contributed by atoms with Gasteiger partial charge in [0.05, 0.1) is 6.04 Å². The Bertz CT molecular complexity index is 301. The molecule has 2 heterocycles. The Morgan fingerprint density at radius 3 is 2.69 bits per heavy atom. The molecule has 13 heavy (non-hydrogen) atoms. The standard InChI is InChI=1S/C11H17NO/c1-8-4-5-10(13-8)9-6-11(2,3)7-12-9/h4-5,9,12H,6-7H2,1-3H3. The van der Waals surface area contributed by atoms with Crippen molar-refractivity contribution < 1.29 is 4.42 Å². The first-order chi connectivity index (χ1) is 6.07. The third-order valence-electron chi connectivity index (χ3n) is 2.69. The Morgan fingerprint density at radius 2 is 2.23 bits per heavy atom. The van der Waals surface area contributed by atoms with Crippen molar-refractivity contribution in [2.24, 2.45) is 5.41 Å². The lowest BCUT2D eigenvalue weighted by molar-refractivity contribution is 0.379. The third kappa shape index (κ3) is 1.78. The lowest BCUT2D eigenvalue weighted by atomic mass is 9.90. The van der Waals surface area contributed by atoms with Crippen LogP contribution in [0.3, 0.4) is 0 Å². The quantitative estimate of drug-likeness (QED) is 0.717. The molecule has 1 fully saturated rings. The van der Waals surface area contributed by atoms with Crippen molar-refractivity contribution in [2.45, 2.75) is 33.2 Å². The zero-order valence-corrected chi connectivity index (χ0v) is 8.55. The van der Waals surface area contributed by atoms with Gasteiger partial charge >= 0.3 is 0 Å². The van der Waals surface area contributed by atoms with Gasteiger partial charge in [-0.15, -0.1) is 0 Å². The molecule has 0 spiro atoms. The fraction of sp³-hybridized carbons (Fsp3) is 0.636. The van der Waals surface area contributed by atoms with E-state index in [0.717, 1.165) is 18.1 Å². The highest BCUT2D eigenvalue weighted by Gasteiger charge is 2.32. The zero-order chi connectivity index (χ0) is 9.47. The van der Waals surface area contributed by atoms with Crippen molar-refractivity contribution in [1.29, 1.82) is 0 Å². The molecule has 1 atom stereocenters. The number of furan rings is 1. The number of aryl methyl sites for hydroxylation is 1. The van der Waals surface area contributed by atoms with E-state index in [4.69, 9.17) is 4.42 Å². The molecule has 0 amide bonds. The minimum absolute atomic E-state index is 0.408. The lowest BCUT2D eigenvalue weighted by Crippen LogP contribution is -2.16. The highest BCUT2D eigenvalue weighted by molar-refractivity contribution is 5.12. The molecule has 1 saturated heterocycles. The van der Waals surface area contributed by atoms with Crippen LogP contribution in [0.5, 0.6) is 0 Å². The average molecular weight is 179 g/mol. The SMILES string of the molecule is Cc1ccc(C2CC(C)(C)CN2)o1. The van der Waals surface area contributed by atoms with E-state index in [-0.39, 0.29) is 0 Å². The molecule has 1 unspecified atom stereocenters. The van der Waals surface area contributed by atoms with Crippen LogP contribution in [0, 0.1) is 12.3 Å². The van der Waals surface area contributed by atoms with E-state index < -0.39 is 0 Å². The van der Waals surface area contributed by atoms with Crippen molar-refractivity contribution in [1.82, 2.24) is 5.32 Å². The summed E-state index contributed by atoms with van der Waals surface area (Å²) >= 11 is 0. The fourth-order valence-electron chi connectivity index (χ4n) is 1.94. The van der Waals surface area contributed by atoms with E-state index in [9.17, 15) is 0 Å². The molecule has 2 rings (SSSR count). The van der Waals surface area contributed by atoms with Crippen molar-refractivity contribution >= 4 is 0 Å².